The van der Waals surface area contributed by atoms with Gasteiger partial charge in [-0.2, -0.15) is 0 Å². The van der Waals surface area contributed by atoms with E-state index in [0.717, 1.165) is 42.2 Å². The van der Waals surface area contributed by atoms with Crippen molar-refractivity contribution in [2.24, 2.45) is 7.05 Å². The van der Waals surface area contributed by atoms with Gasteiger partial charge in [-0.15, -0.1) is 20.4 Å². The highest BCUT2D eigenvalue weighted by Crippen LogP contribution is 2.26. The summed E-state index contributed by atoms with van der Waals surface area (Å²) >= 11 is 1.66. The van der Waals surface area contributed by atoms with E-state index >= 15 is 0 Å². The first-order valence-electron chi connectivity index (χ1n) is 7.39. The van der Waals surface area contributed by atoms with E-state index in [2.05, 4.69) is 48.8 Å². The van der Waals surface area contributed by atoms with Gasteiger partial charge in [-0.05, 0) is 26.3 Å². The van der Waals surface area contributed by atoms with Gasteiger partial charge in [-0.25, -0.2) is 0 Å². The lowest BCUT2D eigenvalue weighted by Crippen LogP contribution is -2.29. The maximum Gasteiger partial charge on any atom is 0.191 e. The Labute approximate surface area is 128 Å². The van der Waals surface area contributed by atoms with Gasteiger partial charge < -0.3 is 14.5 Å². The zero-order chi connectivity index (χ0) is 14.7. The SMILES string of the molecule is CCn1cnnc1CSc1nnc([C@@H]2CCCNC2)n1C. The lowest BCUT2D eigenvalue weighted by molar-refractivity contribution is 0.436. The van der Waals surface area contributed by atoms with Gasteiger partial charge in [0.1, 0.15) is 18.0 Å². The van der Waals surface area contributed by atoms with Gasteiger partial charge in [-0.1, -0.05) is 11.8 Å². The van der Waals surface area contributed by atoms with E-state index in [4.69, 9.17) is 0 Å². The molecule has 0 aromatic carbocycles. The molecule has 3 heterocycles. The van der Waals surface area contributed by atoms with Crippen LogP contribution in [0.2, 0.25) is 0 Å². The van der Waals surface area contributed by atoms with Crippen molar-refractivity contribution in [3.63, 3.8) is 0 Å². The Morgan fingerprint density at radius 2 is 2.29 bits per heavy atom. The van der Waals surface area contributed by atoms with Crippen LogP contribution in [-0.4, -0.2) is 42.6 Å². The molecule has 0 unspecified atom stereocenters. The second-order valence-corrected chi connectivity index (χ2v) is 6.21. The quantitative estimate of drug-likeness (QED) is 0.836. The first-order chi connectivity index (χ1) is 10.3. The number of thioether (sulfide) groups is 1. The topological polar surface area (TPSA) is 73.4 Å². The number of hydrogen-bond donors (Lipinski definition) is 1. The van der Waals surface area contributed by atoms with Gasteiger partial charge in [0.05, 0.1) is 5.75 Å². The molecule has 0 bridgehead atoms. The van der Waals surface area contributed by atoms with Crippen LogP contribution in [0.3, 0.4) is 0 Å². The van der Waals surface area contributed by atoms with Crippen molar-refractivity contribution in [2.45, 2.75) is 43.1 Å². The van der Waals surface area contributed by atoms with Crippen LogP contribution in [0, 0.1) is 0 Å². The molecule has 1 aliphatic heterocycles. The second-order valence-electron chi connectivity index (χ2n) is 5.26. The predicted molar refractivity (Wildman–Crippen MR) is 81.1 cm³/mol. The van der Waals surface area contributed by atoms with Crippen LogP contribution in [0.25, 0.3) is 0 Å². The largest absolute Gasteiger partial charge is 0.317 e. The summed E-state index contributed by atoms with van der Waals surface area (Å²) in [7, 11) is 2.05. The average molecular weight is 307 g/mol. The minimum atomic E-state index is 0.477. The van der Waals surface area contributed by atoms with Crippen LogP contribution in [0.5, 0.6) is 0 Å². The number of nitrogens with one attached hydrogen (secondary N) is 1. The predicted octanol–water partition coefficient (Wildman–Crippen LogP) is 1.19. The molecule has 0 saturated carbocycles. The van der Waals surface area contributed by atoms with Gasteiger partial charge in [0.25, 0.3) is 0 Å². The van der Waals surface area contributed by atoms with Gasteiger partial charge in [0.2, 0.25) is 0 Å². The molecule has 8 heteroatoms. The van der Waals surface area contributed by atoms with E-state index < -0.39 is 0 Å². The fourth-order valence-electron chi connectivity index (χ4n) is 2.66. The molecule has 0 spiro atoms. The van der Waals surface area contributed by atoms with Gasteiger partial charge in [0, 0.05) is 26.1 Å². The highest BCUT2D eigenvalue weighted by Gasteiger charge is 2.21. The monoisotopic (exact) mass is 307 g/mol. The van der Waals surface area contributed by atoms with Crippen molar-refractivity contribution in [2.75, 3.05) is 13.1 Å². The Kier molecular flexibility index (Phi) is 4.54. The van der Waals surface area contributed by atoms with Gasteiger partial charge in [-0.3, -0.25) is 0 Å². The zero-order valence-electron chi connectivity index (χ0n) is 12.5. The number of aromatic nitrogens is 6. The summed E-state index contributed by atoms with van der Waals surface area (Å²) in [5, 5.41) is 21.2. The Morgan fingerprint density at radius 3 is 3.05 bits per heavy atom. The van der Waals surface area contributed by atoms with E-state index in [1.807, 2.05) is 0 Å². The van der Waals surface area contributed by atoms with Crippen molar-refractivity contribution in [1.82, 2.24) is 34.8 Å². The minimum Gasteiger partial charge on any atom is -0.317 e. The lowest BCUT2D eigenvalue weighted by atomic mass is 9.99. The van der Waals surface area contributed by atoms with Crippen molar-refractivity contribution >= 4 is 11.8 Å². The first kappa shape index (κ1) is 14.5. The first-order valence-corrected chi connectivity index (χ1v) is 8.37. The van der Waals surface area contributed by atoms with Gasteiger partial charge in [0.15, 0.2) is 5.16 Å². The summed E-state index contributed by atoms with van der Waals surface area (Å²) in [6.07, 6.45) is 4.17. The third kappa shape index (κ3) is 3.11. The molecule has 2 aromatic rings. The smallest absolute Gasteiger partial charge is 0.191 e. The third-order valence-electron chi connectivity index (χ3n) is 3.90. The minimum absolute atomic E-state index is 0.477. The number of aryl methyl sites for hydroxylation is 1. The lowest BCUT2D eigenvalue weighted by Gasteiger charge is -2.21. The maximum atomic E-state index is 4.39. The van der Waals surface area contributed by atoms with E-state index in [0.29, 0.717) is 5.92 Å². The summed E-state index contributed by atoms with van der Waals surface area (Å²) < 4.78 is 4.17. The number of piperidine rings is 1. The Balaban J connectivity index is 1.67. The molecule has 1 saturated heterocycles. The second kappa shape index (κ2) is 6.57. The summed E-state index contributed by atoms with van der Waals surface area (Å²) in [4.78, 5) is 0. The Hall–Kier alpha value is -1.41. The Bertz CT molecular complexity index is 585. The van der Waals surface area contributed by atoms with Crippen molar-refractivity contribution in [1.29, 1.82) is 0 Å². The molecule has 0 amide bonds. The van der Waals surface area contributed by atoms with E-state index in [9.17, 15) is 0 Å². The van der Waals surface area contributed by atoms with Crippen LogP contribution in [0.1, 0.15) is 37.3 Å². The molecule has 0 aliphatic carbocycles. The summed E-state index contributed by atoms with van der Waals surface area (Å²) in [5.41, 5.74) is 0. The van der Waals surface area contributed by atoms with Crippen molar-refractivity contribution in [3.05, 3.63) is 18.0 Å². The van der Waals surface area contributed by atoms with Crippen LogP contribution in [-0.2, 0) is 19.3 Å². The van der Waals surface area contributed by atoms with Crippen LogP contribution >= 0.6 is 11.8 Å². The normalized spacial score (nSPS) is 19.0. The highest BCUT2D eigenvalue weighted by molar-refractivity contribution is 7.98. The number of rotatable bonds is 5. The third-order valence-corrected chi connectivity index (χ3v) is 4.91. The number of hydrogen-bond acceptors (Lipinski definition) is 6. The molecule has 1 N–H and O–H groups in total. The molecule has 1 atom stereocenters. The molecule has 2 aromatic heterocycles. The summed E-state index contributed by atoms with van der Waals surface area (Å²) in [5.74, 6) is 3.31. The van der Waals surface area contributed by atoms with Crippen LogP contribution in [0.4, 0.5) is 0 Å². The van der Waals surface area contributed by atoms with Crippen LogP contribution in [0.15, 0.2) is 11.5 Å². The van der Waals surface area contributed by atoms with Crippen molar-refractivity contribution in [3.8, 4) is 0 Å². The Morgan fingerprint density at radius 1 is 1.38 bits per heavy atom. The molecule has 1 fully saturated rings. The fourth-order valence-corrected chi connectivity index (χ4v) is 3.53. The fraction of sp³-hybridized carbons (Fsp3) is 0.692. The van der Waals surface area contributed by atoms with Gasteiger partial charge >= 0.3 is 0 Å². The molecular formula is C13H21N7S. The van der Waals surface area contributed by atoms with Crippen molar-refractivity contribution < 1.29 is 0 Å². The molecule has 7 nitrogen and oxygen atoms in total. The van der Waals surface area contributed by atoms with E-state index in [-0.39, 0.29) is 0 Å². The molecule has 114 valence electrons. The van der Waals surface area contributed by atoms with Crippen LogP contribution < -0.4 is 5.32 Å². The standard InChI is InChI=1S/C13H21N7S/c1-3-20-9-15-16-11(20)8-21-13-18-17-12(19(13)2)10-5-4-6-14-7-10/h9-10,14H,3-8H2,1-2H3/t10-/m1/s1. The summed E-state index contributed by atoms with van der Waals surface area (Å²) in [6.45, 7) is 5.10. The highest BCUT2D eigenvalue weighted by atomic mass is 32.2. The molecule has 21 heavy (non-hydrogen) atoms. The summed E-state index contributed by atoms with van der Waals surface area (Å²) in [6, 6.07) is 0. The van der Waals surface area contributed by atoms with E-state index in [1.165, 1.54) is 12.8 Å². The molecule has 3 rings (SSSR count). The maximum absolute atomic E-state index is 4.39. The van der Waals surface area contributed by atoms with E-state index in [1.54, 1.807) is 18.1 Å². The molecule has 0 radical (unpaired) electrons. The molecular weight excluding hydrogens is 286 g/mol. The molecule has 1 aliphatic rings. The number of nitrogens with zero attached hydrogens (tertiary/aromatic N) is 6. The zero-order valence-corrected chi connectivity index (χ0v) is 13.3. The average Bonchev–Trinajstić information content (AvgIpc) is 3.12.